The second-order valence-corrected chi connectivity index (χ2v) is 5.29. The standard InChI is InChI=1S/C16H28N2O/c1-6-10-17-13(3)8-7-9-15-14(4)16(19-5)12(2)11-18-15/h11,13,17H,6-10H2,1-5H3. The van der Waals surface area contributed by atoms with Crippen LogP contribution in [0.4, 0.5) is 0 Å². The smallest absolute Gasteiger partial charge is 0.128 e. The molecule has 1 N–H and O–H groups in total. The molecule has 0 fully saturated rings. The fraction of sp³-hybridized carbons (Fsp3) is 0.688. The van der Waals surface area contributed by atoms with Crippen LogP contribution < -0.4 is 10.1 Å². The van der Waals surface area contributed by atoms with Crippen molar-refractivity contribution >= 4 is 0 Å². The lowest BCUT2D eigenvalue weighted by Gasteiger charge is -2.14. The average molecular weight is 264 g/mol. The van der Waals surface area contributed by atoms with Gasteiger partial charge in [-0.3, -0.25) is 4.98 Å². The lowest BCUT2D eigenvalue weighted by atomic mass is 10.0. The number of hydrogen-bond acceptors (Lipinski definition) is 3. The molecule has 19 heavy (non-hydrogen) atoms. The van der Waals surface area contributed by atoms with Crippen molar-refractivity contribution in [2.45, 2.75) is 59.4 Å². The predicted molar refractivity (Wildman–Crippen MR) is 81.0 cm³/mol. The van der Waals surface area contributed by atoms with Gasteiger partial charge in [0.25, 0.3) is 0 Å². The number of aryl methyl sites for hydroxylation is 2. The molecule has 1 rings (SSSR count). The zero-order valence-corrected chi connectivity index (χ0v) is 13.0. The van der Waals surface area contributed by atoms with E-state index in [4.69, 9.17) is 4.74 Å². The van der Waals surface area contributed by atoms with Gasteiger partial charge in [0.1, 0.15) is 5.75 Å². The van der Waals surface area contributed by atoms with Crippen molar-refractivity contribution in [3.05, 3.63) is 23.0 Å². The highest BCUT2D eigenvalue weighted by molar-refractivity contribution is 5.41. The van der Waals surface area contributed by atoms with Crippen molar-refractivity contribution < 1.29 is 4.74 Å². The maximum atomic E-state index is 5.44. The largest absolute Gasteiger partial charge is 0.496 e. The predicted octanol–water partition coefficient (Wildman–Crippen LogP) is 3.42. The second-order valence-electron chi connectivity index (χ2n) is 5.29. The Kier molecular flexibility index (Phi) is 6.85. The number of hydrogen-bond donors (Lipinski definition) is 1. The molecule has 3 nitrogen and oxygen atoms in total. The number of methoxy groups -OCH3 is 1. The fourth-order valence-corrected chi connectivity index (χ4v) is 2.39. The topological polar surface area (TPSA) is 34.2 Å². The van der Waals surface area contributed by atoms with Gasteiger partial charge in [-0.25, -0.2) is 0 Å². The first-order valence-electron chi connectivity index (χ1n) is 7.32. The van der Waals surface area contributed by atoms with Crippen LogP contribution in [0.5, 0.6) is 5.75 Å². The van der Waals surface area contributed by atoms with E-state index < -0.39 is 0 Å². The second kappa shape index (κ2) is 8.16. The Morgan fingerprint density at radius 1 is 1.37 bits per heavy atom. The molecule has 3 heteroatoms. The van der Waals surface area contributed by atoms with Gasteiger partial charge in [-0.15, -0.1) is 0 Å². The summed E-state index contributed by atoms with van der Waals surface area (Å²) >= 11 is 0. The summed E-state index contributed by atoms with van der Waals surface area (Å²) in [5.41, 5.74) is 3.48. The zero-order chi connectivity index (χ0) is 14.3. The van der Waals surface area contributed by atoms with Crippen LogP contribution in [-0.4, -0.2) is 24.7 Å². The SMILES string of the molecule is CCCNC(C)CCCc1ncc(C)c(OC)c1C. The molecule has 0 saturated heterocycles. The van der Waals surface area contributed by atoms with Crippen LogP contribution in [0.1, 0.15) is 49.9 Å². The van der Waals surface area contributed by atoms with Crippen LogP contribution >= 0.6 is 0 Å². The van der Waals surface area contributed by atoms with Gasteiger partial charge in [-0.1, -0.05) is 6.92 Å². The average Bonchev–Trinajstić information content (AvgIpc) is 2.39. The number of rotatable bonds is 8. The quantitative estimate of drug-likeness (QED) is 0.781. The van der Waals surface area contributed by atoms with E-state index in [-0.39, 0.29) is 0 Å². The van der Waals surface area contributed by atoms with Crippen molar-refractivity contribution in [3.8, 4) is 5.75 Å². The van der Waals surface area contributed by atoms with Crippen molar-refractivity contribution in [2.24, 2.45) is 0 Å². The molecule has 0 bridgehead atoms. The molecule has 0 aliphatic rings. The highest BCUT2D eigenvalue weighted by Crippen LogP contribution is 2.24. The molecule has 1 unspecified atom stereocenters. The summed E-state index contributed by atoms with van der Waals surface area (Å²) in [4.78, 5) is 4.55. The molecular formula is C16H28N2O. The molecule has 0 aromatic carbocycles. The molecule has 0 saturated carbocycles. The molecule has 108 valence electrons. The molecular weight excluding hydrogens is 236 g/mol. The van der Waals surface area contributed by atoms with E-state index in [1.807, 2.05) is 13.1 Å². The third kappa shape index (κ3) is 4.83. The van der Waals surface area contributed by atoms with Crippen LogP contribution in [0.25, 0.3) is 0 Å². The molecule has 0 spiro atoms. The van der Waals surface area contributed by atoms with Gasteiger partial charge in [0.15, 0.2) is 0 Å². The first kappa shape index (κ1) is 16.0. The lowest BCUT2D eigenvalue weighted by molar-refractivity contribution is 0.406. The Morgan fingerprint density at radius 2 is 2.11 bits per heavy atom. The van der Waals surface area contributed by atoms with Crippen LogP contribution in [0.2, 0.25) is 0 Å². The Balaban J connectivity index is 2.50. The molecule has 0 amide bonds. The Labute approximate surface area is 117 Å². The summed E-state index contributed by atoms with van der Waals surface area (Å²) in [6, 6.07) is 0.590. The Hall–Kier alpha value is -1.09. The molecule has 1 aromatic heterocycles. The number of pyridine rings is 1. The Morgan fingerprint density at radius 3 is 2.74 bits per heavy atom. The summed E-state index contributed by atoms with van der Waals surface area (Å²) in [7, 11) is 1.73. The van der Waals surface area contributed by atoms with Crippen LogP contribution in [0.15, 0.2) is 6.20 Å². The fourth-order valence-electron chi connectivity index (χ4n) is 2.39. The monoisotopic (exact) mass is 264 g/mol. The van der Waals surface area contributed by atoms with Crippen LogP contribution in [-0.2, 0) is 6.42 Å². The number of aromatic nitrogens is 1. The minimum Gasteiger partial charge on any atom is -0.496 e. The maximum absolute atomic E-state index is 5.44. The molecule has 1 aromatic rings. The zero-order valence-electron chi connectivity index (χ0n) is 13.0. The summed E-state index contributed by atoms with van der Waals surface area (Å²) < 4.78 is 5.44. The van der Waals surface area contributed by atoms with Crippen LogP contribution in [0, 0.1) is 13.8 Å². The number of nitrogens with zero attached hydrogens (tertiary/aromatic N) is 1. The minimum absolute atomic E-state index is 0.590. The summed E-state index contributed by atoms with van der Waals surface area (Å²) in [6.45, 7) is 9.71. The van der Waals surface area contributed by atoms with E-state index in [1.54, 1.807) is 7.11 Å². The van der Waals surface area contributed by atoms with E-state index in [0.29, 0.717) is 6.04 Å². The summed E-state index contributed by atoms with van der Waals surface area (Å²) in [5.74, 6) is 0.988. The normalized spacial score (nSPS) is 12.5. The number of nitrogens with one attached hydrogen (secondary N) is 1. The van der Waals surface area contributed by atoms with Gasteiger partial charge < -0.3 is 10.1 Å². The lowest BCUT2D eigenvalue weighted by Crippen LogP contribution is -2.26. The third-order valence-electron chi connectivity index (χ3n) is 3.54. The highest BCUT2D eigenvalue weighted by atomic mass is 16.5. The van der Waals surface area contributed by atoms with Crippen molar-refractivity contribution in [2.75, 3.05) is 13.7 Å². The molecule has 1 heterocycles. The summed E-state index contributed by atoms with van der Waals surface area (Å²) in [6.07, 6.45) is 6.50. The molecule has 1 atom stereocenters. The van der Waals surface area contributed by atoms with E-state index in [2.05, 4.69) is 31.1 Å². The van der Waals surface area contributed by atoms with Gasteiger partial charge in [-0.05, 0) is 53.0 Å². The van der Waals surface area contributed by atoms with Crippen molar-refractivity contribution in [1.82, 2.24) is 10.3 Å². The molecule has 0 aliphatic heterocycles. The van der Waals surface area contributed by atoms with E-state index in [0.717, 1.165) is 30.7 Å². The first-order valence-corrected chi connectivity index (χ1v) is 7.32. The van der Waals surface area contributed by atoms with Gasteiger partial charge in [0.05, 0.1) is 7.11 Å². The third-order valence-corrected chi connectivity index (χ3v) is 3.54. The number of ether oxygens (including phenoxy) is 1. The van der Waals surface area contributed by atoms with Gasteiger partial charge in [-0.2, -0.15) is 0 Å². The van der Waals surface area contributed by atoms with Gasteiger partial charge >= 0.3 is 0 Å². The Bertz CT molecular complexity index is 391. The molecule has 0 radical (unpaired) electrons. The first-order chi connectivity index (χ1) is 9.10. The van der Waals surface area contributed by atoms with E-state index in [9.17, 15) is 0 Å². The van der Waals surface area contributed by atoms with Crippen LogP contribution in [0.3, 0.4) is 0 Å². The molecule has 0 aliphatic carbocycles. The van der Waals surface area contributed by atoms with E-state index in [1.165, 1.54) is 24.1 Å². The van der Waals surface area contributed by atoms with E-state index >= 15 is 0 Å². The van der Waals surface area contributed by atoms with Gasteiger partial charge in [0, 0.05) is 29.1 Å². The summed E-state index contributed by atoms with van der Waals surface area (Å²) in [5, 5.41) is 3.52. The van der Waals surface area contributed by atoms with Crippen molar-refractivity contribution in [1.29, 1.82) is 0 Å². The highest BCUT2D eigenvalue weighted by Gasteiger charge is 2.09. The minimum atomic E-state index is 0.590. The van der Waals surface area contributed by atoms with Gasteiger partial charge in [0.2, 0.25) is 0 Å². The van der Waals surface area contributed by atoms with Crippen molar-refractivity contribution in [3.63, 3.8) is 0 Å². The maximum Gasteiger partial charge on any atom is 0.128 e.